The first-order chi connectivity index (χ1) is 11.7. The number of hydrogen-bond acceptors (Lipinski definition) is 4. The van der Waals surface area contributed by atoms with Gasteiger partial charge in [0.1, 0.15) is 5.75 Å². The summed E-state index contributed by atoms with van der Waals surface area (Å²) in [6, 6.07) is 8.31. The number of ether oxygens (including phenoxy) is 1. The van der Waals surface area contributed by atoms with Crippen molar-refractivity contribution in [3.63, 3.8) is 0 Å². The summed E-state index contributed by atoms with van der Waals surface area (Å²) in [4.78, 5) is 6.86. The van der Waals surface area contributed by atoms with E-state index in [2.05, 4.69) is 16.5 Å². The summed E-state index contributed by atoms with van der Waals surface area (Å²) >= 11 is 0. The number of piperidine rings is 3. The highest BCUT2D eigenvalue weighted by molar-refractivity contribution is 5.83. The molecule has 5 rings (SSSR count). The van der Waals surface area contributed by atoms with E-state index in [1.54, 1.807) is 13.3 Å². The number of aliphatic hydroxyl groups excluding tert-OH is 1. The largest absolute Gasteiger partial charge is 0.497 e. The molecule has 4 heterocycles. The SMILES string of the molecule is C=C[C@H]1C[C@@H]2CC[N@]1[C@@H](C(O)c1ccnc3ccc(OC)cc13)C2. The third-order valence-electron chi connectivity index (χ3n) is 5.73. The smallest absolute Gasteiger partial charge is 0.119 e. The van der Waals surface area contributed by atoms with Crippen LogP contribution in [-0.4, -0.2) is 40.7 Å². The van der Waals surface area contributed by atoms with Gasteiger partial charge in [0.15, 0.2) is 0 Å². The molecule has 3 saturated heterocycles. The van der Waals surface area contributed by atoms with Crippen LogP contribution in [0.1, 0.15) is 30.9 Å². The van der Waals surface area contributed by atoms with Gasteiger partial charge in [-0.2, -0.15) is 0 Å². The Morgan fingerprint density at radius 2 is 2.25 bits per heavy atom. The summed E-state index contributed by atoms with van der Waals surface area (Å²) in [6.07, 6.45) is 6.77. The molecule has 2 aromatic rings. The van der Waals surface area contributed by atoms with E-state index in [0.29, 0.717) is 12.0 Å². The van der Waals surface area contributed by atoms with Crippen LogP contribution >= 0.6 is 0 Å². The lowest BCUT2D eigenvalue weighted by Gasteiger charge is -2.51. The molecule has 4 heteroatoms. The molecule has 1 aromatic carbocycles. The number of benzene rings is 1. The van der Waals surface area contributed by atoms with Crippen LogP contribution < -0.4 is 4.74 Å². The summed E-state index contributed by atoms with van der Waals surface area (Å²) in [5, 5.41) is 12.2. The maximum Gasteiger partial charge on any atom is 0.119 e. The molecular weight excluding hydrogens is 300 g/mol. The lowest BCUT2D eigenvalue weighted by atomic mass is 9.76. The highest BCUT2D eigenvalue weighted by Crippen LogP contribution is 2.42. The molecule has 3 fully saturated rings. The molecule has 1 aromatic heterocycles. The molecule has 0 saturated carbocycles. The van der Waals surface area contributed by atoms with Crippen molar-refractivity contribution in [2.24, 2.45) is 5.92 Å². The van der Waals surface area contributed by atoms with Crippen molar-refractivity contribution in [1.82, 2.24) is 9.88 Å². The molecule has 0 spiro atoms. The second kappa shape index (κ2) is 6.19. The van der Waals surface area contributed by atoms with Crippen LogP contribution in [0.2, 0.25) is 0 Å². The summed E-state index contributed by atoms with van der Waals surface area (Å²) in [5.74, 6) is 1.48. The first-order valence-electron chi connectivity index (χ1n) is 8.70. The lowest BCUT2D eigenvalue weighted by Crippen LogP contribution is -2.55. The van der Waals surface area contributed by atoms with E-state index < -0.39 is 6.10 Å². The number of hydrogen-bond donors (Lipinski definition) is 1. The van der Waals surface area contributed by atoms with Gasteiger partial charge >= 0.3 is 0 Å². The van der Waals surface area contributed by atoms with Crippen LogP contribution in [0.5, 0.6) is 5.75 Å². The molecule has 0 amide bonds. The Labute approximate surface area is 142 Å². The molecule has 0 aliphatic carbocycles. The second-order valence-corrected chi connectivity index (χ2v) is 6.96. The van der Waals surface area contributed by atoms with Gasteiger partial charge < -0.3 is 9.84 Å². The molecule has 2 bridgehead atoms. The molecule has 1 N–H and O–H groups in total. The molecule has 5 atom stereocenters. The number of nitrogens with zero attached hydrogens (tertiary/aromatic N) is 2. The Bertz CT molecular complexity index is 760. The molecular formula is C20H24N2O2. The van der Waals surface area contributed by atoms with Crippen molar-refractivity contribution in [1.29, 1.82) is 0 Å². The van der Waals surface area contributed by atoms with E-state index >= 15 is 0 Å². The van der Waals surface area contributed by atoms with Crippen LogP contribution in [0.15, 0.2) is 43.1 Å². The fourth-order valence-corrected chi connectivity index (χ4v) is 4.48. The summed E-state index contributed by atoms with van der Waals surface area (Å²) < 4.78 is 5.35. The van der Waals surface area contributed by atoms with Crippen LogP contribution in [0.3, 0.4) is 0 Å². The number of methoxy groups -OCH3 is 1. The van der Waals surface area contributed by atoms with Gasteiger partial charge in [-0.05, 0) is 61.6 Å². The Morgan fingerprint density at radius 1 is 1.38 bits per heavy atom. The van der Waals surface area contributed by atoms with Crippen molar-refractivity contribution in [2.45, 2.75) is 37.5 Å². The molecule has 1 unspecified atom stereocenters. The van der Waals surface area contributed by atoms with E-state index in [1.807, 2.05) is 30.3 Å². The fourth-order valence-electron chi connectivity index (χ4n) is 4.48. The summed E-state index contributed by atoms with van der Waals surface area (Å²) in [7, 11) is 1.66. The molecule has 3 aliphatic heterocycles. The van der Waals surface area contributed by atoms with Crippen molar-refractivity contribution in [3.8, 4) is 5.75 Å². The van der Waals surface area contributed by atoms with Gasteiger partial charge in [-0.1, -0.05) is 6.08 Å². The lowest BCUT2D eigenvalue weighted by molar-refractivity contribution is -0.0473. The van der Waals surface area contributed by atoms with Crippen molar-refractivity contribution >= 4 is 10.9 Å². The van der Waals surface area contributed by atoms with Gasteiger partial charge in [0.25, 0.3) is 0 Å². The first kappa shape index (κ1) is 15.6. The van der Waals surface area contributed by atoms with Crippen molar-refractivity contribution in [2.75, 3.05) is 13.7 Å². The number of pyridine rings is 1. The minimum absolute atomic E-state index is 0.150. The zero-order chi connectivity index (χ0) is 16.7. The second-order valence-electron chi connectivity index (χ2n) is 6.96. The normalized spacial score (nSPS) is 30.2. The number of aliphatic hydroxyl groups is 1. The predicted octanol–water partition coefficient (Wildman–Crippen LogP) is 3.32. The highest BCUT2D eigenvalue weighted by atomic mass is 16.5. The monoisotopic (exact) mass is 324 g/mol. The van der Waals surface area contributed by atoms with Crippen molar-refractivity contribution < 1.29 is 9.84 Å². The molecule has 24 heavy (non-hydrogen) atoms. The van der Waals surface area contributed by atoms with Crippen LogP contribution in [-0.2, 0) is 0 Å². The average Bonchev–Trinajstić information content (AvgIpc) is 2.66. The Morgan fingerprint density at radius 3 is 3.00 bits per heavy atom. The van der Waals surface area contributed by atoms with Crippen LogP contribution in [0.4, 0.5) is 0 Å². The highest BCUT2D eigenvalue weighted by Gasteiger charge is 2.42. The zero-order valence-electron chi connectivity index (χ0n) is 14.1. The first-order valence-corrected chi connectivity index (χ1v) is 8.70. The minimum Gasteiger partial charge on any atom is -0.497 e. The maximum absolute atomic E-state index is 11.2. The van der Waals surface area contributed by atoms with E-state index in [9.17, 15) is 5.11 Å². The summed E-state index contributed by atoms with van der Waals surface area (Å²) in [5.41, 5.74) is 1.84. The van der Waals surface area contributed by atoms with Gasteiger partial charge in [-0.25, -0.2) is 0 Å². The molecule has 3 aliphatic rings. The van der Waals surface area contributed by atoms with E-state index in [1.165, 1.54) is 12.8 Å². The maximum atomic E-state index is 11.2. The van der Waals surface area contributed by atoms with Crippen LogP contribution in [0, 0.1) is 5.92 Å². The molecule has 126 valence electrons. The summed E-state index contributed by atoms with van der Waals surface area (Å²) in [6.45, 7) is 5.04. The van der Waals surface area contributed by atoms with E-state index in [-0.39, 0.29) is 6.04 Å². The zero-order valence-corrected chi connectivity index (χ0v) is 14.1. The molecule has 0 radical (unpaired) electrons. The average molecular weight is 324 g/mol. The van der Waals surface area contributed by atoms with Gasteiger partial charge in [0.2, 0.25) is 0 Å². The fraction of sp³-hybridized carbons (Fsp3) is 0.450. The Balaban J connectivity index is 1.73. The Kier molecular flexibility index (Phi) is 4.02. The van der Waals surface area contributed by atoms with Crippen LogP contribution in [0.25, 0.3) is 10.9 Å². The topological polar surface area (TPSA) is 45.6 Å². The Hall–Kier alpha value is -1.91. The number of aromatic nitrogens is 1. The third kappa shape index (κ3) is 2.50. The third-order valence-corrected chi connectivity index (χ3v) is 5.73. The van der Waals surface area contributed by atoms with E-state index in [0.717, 1.165) is 35.2 Å². The predicted molar refractivity (Wildman–Crippen MR) is 95.1 cm³/mol. The van der Waals surface area contributed by atoms with E-state index in [4.69, 9.17) is 4.74 Å². The van der Waals surface area contributed by atoms with Gasteiger partial charge in [0, 0.05) is 23.7 Å². The minimum atomic E-state index is -0.520. The van der Waals surface area contributed by atoms with Gasteiger partial charge in [-0.15, -0.1) is 6.58 Å². The quantitative estimate of drug-likeness (QED) is 0.877. The molecule has 4 nitrogen and oxygen atoms in total. The van der Waals surface area contributed by atoms with Gasteiger partial charge in [-0.3, -0.25) is 9.88 Å². The van der Waals surface area contributed by atoms with Gasteiger partial charge in [0.05, 0.1) is 18.7 Å². The van der Waals surface area contributed by atoms with Crippen molar-refractivity contribution in [3.05, 3.63) is 48.7 Å². The standard InChI is InChI=1S/C20H24N2O2/c1-3-14-10-13-7-9-22(14)19(11-13)20(23)16-6-8-21-18-5-4-15(24-2)12-17(16)18/h3-6,8,12-14,19-20,23H,1,7,9-11H2,2H3/t13-,14-,19+,20?/m0/s1. The number of rotatable bonds is 4. The number of fused-ring (bicyclic) bond motifs is 4.